The van der Waals surface area contributed by atoms with E-state index in [1.807, 2.05) is 0 Å². The summed E-state index contributed by atoms with van der Waals surface area (Å²) in [6.07, 6.45) is 3.17. The molecule has 0 saturated carbocycles. The molecule has 7 heteroatoms. The molecule has 1 amide bonds. The molecule has 29 heavy (non-hydrogen) atoms. The SMILES string of the molecule is CC(C)N1CCc2c(nc([C@H]3CCCCN3C(=O)c3ccccc3F)[nH]c2=O)C1. The van der Waals surface area contributed by atoms with Gasteiger partial charge in [0.2, 0.25) is 0 Å². The van der Waals surface area contributed by atoms with Gasteiger partial charge in [0, 0.05) is 31.2 Å². The Labute approximate surface area is 169 Å². The van der Waals surface area contributed by atoms with Gasteiger partial charge in [-0.05, 0) is 51.7 Å². The Morgan fingerprint density at radius 2 is 2.03 bits per heavy atom. The molecule has 1 N–H and O–H groups in total. The number of nitrogens with zero attached hydrogens (tertiary/aromatic N) is 3. The second-order valence-electron chi connectivity index (χ2n) is 8.18. The van der Waals surface area contributed by atoms with E-state index in [-0.39, 0.29) is 23.1 Å². The summed E-state index contributed by atoms with van der Waals surface area (Å²) >= 11 is 0. The number of fused-ring (bicyclic) bond motifs is 1. The van der Waals surface area contributed by atoms with E-state index in [1.165, 1.54) is 12.1 Å². The first-order valence-corrected chi connectivity index (χ1v) is 10.4. The number of carbonyl (C=O) groups excluding carboxylic acids is 1. The maximum atomic E-state index is 14.2. The van der Waals surface area contributed by atoms with Gasteiger partial charge in [-0.3, -0.25) is 14.5 Å². The predicted molar refractivity (Wildman–Crippen MR) is 108 cm³/mol. The summed E-state index contributed by atoms with van der Waals surface area (Å²) in [7, 11) is 0. The number of aromatic nitrogens is 2. The van der Waals surface area contributed by atoms with Gasteiger partial charge >= 0.3 is 0 Å². The van der Waals surface area contributed by atoms with Crippen LogP contribution in [0.1, 0.15) is 66.6 Å². The van der Waals surface area contributed by atoms with E-state index < -0.39 is 5.82 Å². The molecular weight excluding hydrogens is 371 g/mol. The van der Waals surface area contributed by atoms with Crippen molar-refractivity contribution in [2.24, 2.45) is 0 Å². The quantitative estimate of drug-likeness (QED) is 0.863. The van der Waals surface area contributed by atoms with Gasteiger partial charge in [0.05, 0.1) is 17.3 Å². The standard InChI is InChI=1S/C22H27FN4O2/c1-14(2)26-12-10-16-18(13-26)24-20(25-21(16)28)19-9-5-6-11-27(19)22(29)15-7-3-4-8-17(15)23/h3-4,7-8,14,19H,5-6,9-13H2,1-2H3,(H,24,25,28)/t19-/m1/s1. The van der Waals surface area contributed by atoms with E-state index in [0.717, 1.165) is 30.6 Å². The normalized spacial score (nSPS) is 20.0. The number of carbonyl (C=O) groups is 1. The molecule has 2 aliphatic heterocycles. The van der Waals surface area contributed by atoms with E-state index in [4.69, 9.17) is 4.98 Å². The third kappa shape index (κ3) is 3.83. The van der Waals surface area contributed by atoms with Crippen molar-refractivity contribution in [2.45, 2.75) is 58.2 Å². The topological polar surface area (TPSA) is 69.3 Å². The lowest BCUT2D eigenvalue weighted by Gasteiger charge is -2.36. The van der Waals surface area contributed by atoms with Crippen LogP contribution in [0.4, 0.5) is 4.39 Å². The van der Waals surface area contributed by atoms with Gasteiger partial charge in [0.1, 0.15) is 11.6 Å². The Kier molecular flexibility index (Phi) is 5.50. The molecule has 2 aliphatic rings. The number of piperidine rings is 1. The van der Waals surface area contributed by atoms with Crippen LogP contribution in [0.3, 0.4) is 0 Å². The molecule has 1 atom stereocenters. The average molecular weight is 398 g/mol. The first-order chi connectivity index (χ1) is 14.0. The van der Waals surface area contributed by atoms with Crippen molar-refractivity contribution in [3.63, 3.8) is 0 Å². The Hall–Kier alpha value is -2.54. The first-order valence-electron chi connectivity index (χ1n) is 10.4. The molecule has 1 aromatic carbocycles. The second kappa shape index (κ2) is 8.06. The highest BCUT2D eigenvalue weighted by Crippen LogP contribution is 2.31. The summed E-state index contributed by atoms with van der Waals surface area (Å²) in [5.74, 6) is -0.359. The molecule has 1 fully saturated rings. The number of H-pyrrole nitrogens is 1. The van der Waals surface area contributed by atoms with Gasteiger partial charge in [-0.15, -0.1) is 0 Å². The summed E-state index contributed by atoms with van der Waals surface area (Å²) in [4.78, 5) is 37.5. The zero-order valence-electron chi connectivity index (χ0n) is 16.9. The van der Waals surface area contributed by atoms with Crippen LogP contribution >= 0.6 is 0 Å². The van der Waals surface area contributed by atoms with Gasteiger partial charge in [0.25, 0.3) is 11.5 Å². The number of hydrogen-bond acceptors (Lipinski definition) is 4. The fraction of sp³-hybridized carbons (Fsp3) is 0.500. The summed E-state index contributed by atoms with van der Waals surface area (Å²) in [6.45, 7) is 6.27. The Bertz CT molecular complexity index is 972. The van der Waals surface area contributed by atoms with Crippen LogP contribution < -0.4 is 5.56 Å². The molecule has 1 aromatic heterocycles. The van der Waals surface area contributed by atoms with Gasteiger partial charge in [0.15, 0.2) is 0 Å². The minimum absolute atomic E-state index is 0.0608. The van der Waals surface area contributed by atoms with E-state index in [2.05, 4.69) is 23.7 Å². The highest BCUT2D eigenvalue weighted by Gasteiger charge is 2.33. The third-order valence-corrected chi connectivity index (χ3v) is 6.04. The molecule has 4 rings (SSSR count). The van der Waals surface area contributed by atoms with Crippen LogP contribution in [0, 0.1) is 5.82 Å². The van der Waals surface area contributed by atoms with Crippen molar-refractivity contribution in [3.8, 4) is 0 Å². The lowest BCUT2D eigenvalue weighted by atomic mass is 9.99. The molecule has 154 valence electrons. The maximum Gasteiger partial charge on any atom is 0.257 e. The number of amides is 1. The highest BCUT2D eigenvalue weighted by molar-refractivity contribution is 5.94. The smallest absolute Gasteiger partial charge is 0.257 e. The van der Waals surface area contributed by atoms with Crippen molar-refractivity contribution in [3.05, 3.63) is 63.1 Å². The van der Waals surface area contributed by atoms with Crippen molar-refractivity contribution in [1.29, 1.82) is 0 Å². The van der Waals surface area contributed by atoms with Crippen LogP contribution in [-0.2, 0) is 13.0 Å². The van der Waals surface area contributed by atoms with Crippen LogP contribution in [0.25, 0.3) is 0 Å². The Morgan fingerprint density at radius 3 is 2.79 bits per heavy atom. The zero-order valence-corrected chi connectivity index (χ0v) is 16.9. The number of benzene rings is 1. The molecule has 3 heterocycles. The van der Waals surface area contributed by atoms with Gasteiger partial charge < -0.3 is 9.88 Å². The molecule has 0 spiro atoms. The van der Waals surface area contributed by atoms with Crippen molar-refractivity contribution < 1.29 is 9.18 Å². The molecule has 1 saturated heterocycles. The number of rotatable bonds is 3. The largest absolute Gasteiger partial charge is 0.328 e. The van der Waals surface area contributed by atoms with E-state index in [0.29, 0.717) is 37.8 Å². The summed E-state index contributed by atoms with van der Waals surface area (Å²) in [5.41, 5.74) is 1.49. The van der Waals surface area contributed by atoms with Gasteiger partial charge in [-0.25, -0.2) is 9.37 Å². The predicted octanol–water partition coefficient (Wildman–Crippen LogP) is 3.04. The lowest BCUT2D eigenvalue weighted by molar-refractivity contribution is 0.0593. The van der Waals surface area contributed by atoms with Gasteiger partial charge in [-0.1, -0.05) is 12.1 Å². The number of nitrogens with one attached hydrogen (secondary N) is 1. The van der Waals surface area contributed by atoms with Crippen LogP contribution in [0.2, 0.25) is 0 Å². The van der Waals surface area contributed by atoms with Crippen molar-refractivity contribution in [2.75, 3.05) is 13.1 Å². The molecule has 2 aromatic rings. The minimum Gasteiger partial charge on any atom is -0.328 e. The monoisotopic (exact) mass is 398 g/mol. The molecular formula is C22H27FN4O2. The van der Waals surface area contributed by atoms with E-state index >= 15 is 0 Å². The molecule has 6 nitrogen and oxygen atoms in total. The third-order valence-electron chi connectivity index (χ3n) is 6.04. The fourth-order valence-electron chi connectivity index (χ4n) is 4.33. The first kappa shape index (κ1) is 19.8. The van der Waals surface area contributed by atoms with Gasteiger partial charge in [-0.2, -0.15) is 0 Å². The van der Waals surface area contributed by atoms with Crippen molar-refractivity contribution in [1.82, 2.24) is 19.8 Å². The number of aromatic amines is 1. The van der Waals surface area contributed by atoms with E-state index in [1.54, 1.807) is 17.0 Å². The second-order valence-corrected chi connectivity index (χ2v) is 8.18. The lowest BCUT2D eigenvalue weighted by Crippen LogP contribution is -2.42. The number of halogens is 1. The van der Waals surface area contributed by atoms with E-state index in [9.17, 15) is 14.0 Å². The maximum absolute atomic E-state index is 14.2. The Morgan fingerprint density at radius 1 is 1.24 bits per heavy atom. The summed E-state index contributed by atoms with van der Waals surface area (Å²) in [5, 5.41) is 0. The van der Waals surface area contributed by atoms with Crippen LogP contribution in [-0.4, -0.2) is 44.8 Å². The summed E-state index contributed by atoms with van der Waals surface area (Å²) < 4.78 is 14.2. The Balaban J connectivity index is 1.68. The van der Waals surface area contributed by atoms with Crippen LogP contribution in [0.5, 0.6) is 0 Å². The zero-order chi connectivity index (χ0) is 20.5. The number of likely N-dealkylation sites (tertiary alicyclic amines) is 1. The fourth-order valence-corrected chi connectivity index (χ4v) is 4.33. The van der Waals surface area contributed by atoms with Crippen LogP contribution in [0.15, 0.2) is 29.1 Å². The molecule has 0 radical (unpaired) electrons. The average Bonchev–Trinajstić information content (AvgIpc) is 2.73. The molecule has 0 bridgehead atoms. The van der Waals surface area contributed by atoms with Crippen molar-refractivity contribution >= 4 is 5.91 Å². The highest BCUT2D eigenvalue weighted by atomic mass is 19.1. The molecule has 0 aliphatic carbocycles. The number of hydrogen-bond donors (Lipinski definition) is 1. The minimum atomic E-state index is -0.527. The molecule has 0 unspecified atom stereocenters. The summed E-state index contributed by atoms with van der Waals surface area (Å²) in [6, 6.07) is 6.07.